The molecule has 2 fully saturated rings. The Morgan fingerprint density at radius 3 is 2.44 bits per heavy atom. The highest BCUT2D eigenvalue weighted by Gasteiger charge is 2.56. The van der Waals surface area contributed by atoms with Crippen molar-refractivity contribution < 1.29 is 9.90 Å². The average Bonchev–Trinajstić information content (AvgIpc) is 2.87. The molecule has 0 saturated carbocycles. The summed E-state index contributed by atoms with van der Waals surface area (Å²) in [6, 6.07) is 10.7. The summed E-state index contributed by atoms with van der Waals surface area (Å²) in [6.07, 6.45) is 3.72. The number of nitrogens with zero attached hydrogens (tertiary/aromatic N) is 1. The van der Waals surface area contributed by atoms with Crippen molar-refractivity contribution in [1.29, 1.82) is 0 Å². The van der Waals surface area contributed by atoms with Crippen LogP contribution in [0.5, 0.6) is 0 Å². The first-order valence-corrected chi connectivity index (χ1v) is 6.26. The quantitative estimate of drug-likeness (QED) is 0.915. The van der Waals surface area contributed by atoms with Crippen LogP contribution in [0.25, 0.3) is 0 Å². The summed E-state index contributed by atoms with van der Waals surface area (Å²) in [5, 5.41) is 9.50. The van der Waals surface area contributed by atoms with Crippen LogP contribution in [0.4, 0.5) is 0 Å². The minimum absolute atomic E-state index is 0. The molecular weight excluding hydrogens is 250 g/mol. The van der Waals surface area contributed by atoms with Gasteiger partial charge in [0.1, 0.15) is 5.54 Å². The molecule has 1 N–H and O–H groups in total. The van der Waals surface area contributed by atoms with Crippen LogP contribution in [0.1, 0.15) is 31.2 Å². The molecule has 0 atom stereocenters. The molecule has 2 aliphatic heterocycles. The van der Waals surface area contributed by atoms with Gasteiger partial charge in [-0.1, -0.05) is 30.3 Å². The number of carboxylic acids is 1. The van der Waals surface area contributed by atoms with E-state index in [-0.39, 0.29) is 12.4 Å². The third-order valence-electron chi connectivity index (χ3n) is 4.37. The molecule has 0 aliphatic carbocycles. The Morgan fingerprint density at radius 1 is 1.28 bits per heavy atom. The smallest absolute Gasteiger partial charge is 0.324 e. The van der Waals surface area contributed by atoms with Crippen LogP contribution in [0, 0.1) is 0 Å². The fourth-order valence-electron chi connectivity index (χ4n) is 3.43. The van der Waals surface area contributed by atoms with Gasteiger partial charge in [0, 0.05) is 12.6 Å². The van der Waals surface area contributed by atoms with Crippen molar-refractivity contribution in [3.8, 4) is 0 Å². The van der Waals surface area contributed by atoms with Gasteiger partial charge in [-0.25, -0.2) is 0 Å². The minimum atomic E-state index is -0.631. The highest BCUT2D eigenvalue weighted by atomic mass is 35.5. The summed E-state index contributed by atoms with van der Waals surface area (Å²) in [4.78, 5) is 13.8. The zero-order valence-electron chi connectivity index (χ0n) is 10.2. The summed E-state index contributed by atoms with van der Waals surface area (Å²) in [7, 11) is 0. The molecule has 18 heavy (non-hydrogen) atoms. The van der Waals surface area contributed by atoms with Crippen molar-refractivity contribution in [3.05, 3.63) is 35.9 Å². The molecule has 1 aromatic carbocycles. The number of benzene rings is 1. The highest BCUT2D eigenvalue weighted by Crippen LogP contribution is 2.47. The van der Waals surface area contributed by atoms with Gasteiger partial charge in [0.2, 0.25) is 0 Å². The third-order valence-corrected chi connectivity index (χ3v) is 4.37. The molecule has 2 bridgehead atoms. The zero-order chi connectivity index (χ0) is 11.9. The summed E-state index contributed by atoms with van der Waals surface area (Å²) in [5.74, 6) is -0.631. The molecule has 4 heteroatoms. The second-order valence-electron chi connectivity index (χ2n) is 5.18. The molecular formula is C14H18ClNO2. The van der Waals surface area contributed by atoms with E-state index < -0.39 is 11.5 Å². The molecule has 2 aliphatic rings. The van der Waals surface area contributed by atoms with Crippen molar-refractivity contribution in [2.75, 3.05) is 0 Å². The van der Waals surface area contributed by atoms with Gasteiger partial charge in [-0.05, 0) is 31.2 Å². The second kappa shape index (κ2) is 4.90. The van der Waals surface area contributed by atoms with Crippen LogP contribution in [-0.4, -0.2) is 27.6 Å². The van der Waals surface area contributed by atoms with Crippen molar-refractivity contribution in [2.24, 2.45) is 0 Å². The van der Waals surface area contributed by atoms with Gasteiger partial charge in [0.05, 0.1) is 0 Å². The monoisotopic (exact) mass is 267 g/mol. The topological polar surface area (TPSA) is 40.5 Å². The SMILES string of the molecule is Cl.O=C(O)C12CCC(CC1)N2Cc1ccccc1. The van der Waals surface area contributed by atoms with E-state index in [0.717, 1.165) is 32.2 Å². The first kappa shape index (κ1) is 13.4. The molecule has 2 heterocycles. The van der Waals surface area contributed by atoms with Crippen molar-refractivity contribution in [2.45, 2.75) is 43.8 Å². The van der Waals surface area contributed by atoms with Crippen LogP contribution in [0.15, 0.2) is 30.3 Å². The number of rotatable bonds is 3. The molecule has 0 unspecified atom stereocenters. The lowest BCUT2D eigenvalue weighted by atomic mass is 9.88. The lowest BCUT2D eigenvalue weighted by molar-refractivity contribution is -0.149. The van der Waals surface area contributed by atoms with E-state index in [1.54, 1.807) is 0 Å². The van der Waals surface area contributed by atoms with Gasteiger partial charge in [-0.3, -0.25) is 9.69 Å². The zero-order valence-corrected chi connectivity index (χ0v) is 11.0. The largest absolute Gasteiger partial charge is 0.480 e. The normalized spacial score (nSPS) is 30.1. The first-order chi connectivity index (χ1) is 8.22. The maximum absolute atomic E-state index is 11.5. The Hall–Kier alpha value is -1.06. The Kier molecular flexibility index (Phi) is 3.64. The van der Waals surface area contributed by atoms with E-state index in [2.05, 4.69) is 17.0 Å². The lowest BCUT2D eigenvalue weighted by Crippen LogP contribution is -2.47. The number of hydrogen-bond acceptors (Lipinski definition) is 2. The molecule has 0 aromatic heterocycles. The van der Waals surface area contributed by atoms with Crippen molar-refractivity contribution >= 4 is 18.4 Å². The van der Waals surface area contributed by atoms with E-state index in [4.69, 9.17) is 0 Å². The van der Waals surface area contributed by atoms with Crippen LogP contribution < -0.4 is 0 Å². The van der Waals surface area contributed by atoms with E-state index in [9.17, 15) is 9.90 Å². The number of hydrogen-bond donors (Lipinski definition) is 1. The molecule has 3 nitrogen and oxygen atoms in total. The fraction of sp³-hybridized carbons (Fsp3) is 0.500. The first-order valence-electron chi connectivity index (χ1n) is 6.26. The number of carbonyl (C=O) groups is 1. The Balaban J connectivity index is 0.00000120. The Labute approximate surface area is 113 Å². The van der Waals surface area contributed by atoms with Crippen LogP contribution in [-0.2, 0) is 11.3 Å². The van der Waals surface area contributed by atoms with Gasteiger partial charge in [-0.15, -0.1) is 12.4 Å². The van der Waals surface area contributed by atoms with Crippen LogP contribution >= 0.6 is 12.4 Å². The highest BCUT2D eigenvalue weighted by molar-refractivity contribution is 5.85. The van der Waals surface area contributed by atoms with Gasteiger partial charge < -0.3 is 5.11 Å². The Morgan fingerprint density at radius 2 is 1.89 bits per heavy atom. The van der Waals surface area contributed by atoms with E-state index in [1.807, 2.05) is 18.2 Å². The Bertz CT molecular complexity index is 427. The molecule has 3 rings (SSSR count). The maximum Gasteiger partial charge on any atom is 0.324 e. The minimum Gasteiger partial charge on any atom is -0.480 e. The van der Waals surface area contributed by atoms with E-state index in [0.29, 0.717) is 6.04 Å². The standard InChI is InChI=1S/C14H17NO2.ClH/c16-13(17)14-8-6-12(7-9-14)15(14)10-11-4-2-1-3-5-11;/h1-5,12H,6-10H2,(H,16,17);1H. The van der Waals surface area contributed by atoms with Crippen molar-refractivity contribution in [3.63, 3.8) is 0 Å². The number of carboxylic acid groups (broad SMARTS) is 1. The summed E-state index contributed by atoms with van der Waals surface area (Å²) in [5.41, 5.74) is 0.646. The number of halogens is 1. The van der Waals surface area contributed by atoms with Gasteiger partial charge in [0.25, 0.3) is 0 Å². The molecule has 0 spiro atoms. The number of fused-ring (bicyclic) bond motifs is 2. The summed E-state index contributed by atoms with van der Waals surface area (Å²) >= 11 is 0. The van der Waals surface area contributed by atoms with Gasteiger partial charge >= 0.3 is 5.97 Å². The van der Waals surface area contributed by atoms with E-state index in [1.165, 1.54) is 5.56 Å². The average molecular weight is 268 g/mol. The maximum atomic E-state index is 11.5. The molecule has 0 radical (unpaired) electrons. The predicted molar refractivity (Wildman–Crippen MR) is 71.9 cm³/mol. The van der Waals surface area contributed by atoms with Gasteiger partial charge in [0.15, 0.2) is 0 Å². The van der Waals surface area contributed by atoms with E-state index >= 15 is 0 Å². The van der Waals surface area contributed by atoms with Crippen molar-refractivity contribution in [1.82, 2.24) is 4.90 Å². The van der Waals surface area contributed by atoms with Crippen LogP contribution in [0.3, 0.4) is 0 Å². The predicted octanol–water partition coefficient (Wildman–Crippen LogP) is 2.69. The molecule has 98 valence electrons. The second-order valence-corrected chi connectivity index (χ2v) is 5.18. The molecule has 1 aromatic rings. The lowest BCUT2D eigenvalue weighted by Gasteiger charge is -2.30. The van der Waals surface area contributed by atoms with Crippen LogP contribution in [0.2, 0.25) is 0 Å². The molecule has 2 saturated heterocycles. The fourth-order valence-corrected chi connectivity index (χ4v) is 3.43. The molecule has 0 amide bonds. The third kappa shape index (κ3) is 1.91. The number of aliphatic carboxylic acids is 1. The van der Waals surface area contributed by atoms with Gasteiger partial charge in [-0.2, -0.15) is 0 Å². The summed E-state index contributed by atoms with van der Waals surface area (Å²) in [6.45, 7) is 0.776. The summed E-state index contributed by atoms with van der Waals surface area (Å²) < 4.78 is 0.